The summed E-state index contributed by atoms with van der Waals surface area (Å²) >= 11 is 0. The lowest BCUT2D eigenvalue weighted by atomic mass is 10.0. The van der Waals surface area contributed by atoms with E-state index in [1.165, 1.54) is 18.2 Å². The Morgan fingerprint density at radius 2 is 2.10 bits per heavy atom. The molecule has 1 aliphatic rings. The van der Waals surface area contributed by atoms with Crippen LogP contribution in [-0.4, -0.2) is 37.7 Å². The van der Waals surface area contributed by atoms with Crippen molar-refractivity contribution in [2.24, 2.45) is 11.7 Å². The Labute approximate surface area is 116 Å². The topological polar surface area (TPSA) is 38.5 Å². The molecule has 0 amide bonds. The lowest BCUT2D eigenvalue weighted by Gasteiger charge is -2.21. The van der Waals surface area contributed by atoms with Gasteiger partial charge in [0.05, 0.1) is 5.56 Å². The standard InChI is InChI=1S/C14H19F3N2O/c1-19-7-6-10(8-19)12(18)9-20-13-5-3-2-4-11(13)14(15,16)17/h2-5,10,12H,6-9,18H2,1H3. The van der Waals surface area contributed by atoms with E-state index in [0.29, 0.717) is 0 Å². The third-order valence-electron chi connectivity index (χ3n) is 3.66. The van der Waals surface area contributed by atoms with E-state index in [1.54, 1.807) is 0 Å². The predicted octanol–water partition coefficient (Wildman–Crippen LogP) is 2.36. The third-order valence-corrected chi connectivity index (χ3v) is 3.66. The Morgan fingerprint density at radius 3 is 2.70 bits per heavy atom. The van der Waals surface area contributed by atoms with Gasteiger partial charge in [0.15, 0.2) is 0 Å². The van der Waals surface area contributed by atoms with Crippen LogP contribution in [0.25, 0.3) is 0 Å². The number of rotatable bonds is 4. The summed E-state index contributed by atoms with van der Waals surface area (Å²) in [6, 6.07) is 4.97. The molecule has 1 aliphatic heterocycles. The molecule has 1 aromatic carbocycles. The van der Waals surface area contributed by atoms with Gasteiger partial charge in [-0.25, -0.2) is 0 Å². The minimum atomic E-state index is -4.41. The number of alkyl halides is 3. The first-order valence-corrected chi connectivity index (χ1v) is 6.61. The van der Waals surface area contributed by atoms with E-state index in [0.717, 1.165) is 25.6 Å². The van der Waals surface area contributed by atoms with Crippen LogP contribution in [0.15, 0.2) is 24.3 Å². The van der Waals surface area contributed by atoms with Crippen LogP contribution in [0.5, 0.6) is 5.75 Å². The molecule has 6 heteroatoms. The minimum absolute atomic E-state index is 0.103. The number of para-hydroxylation sites is 1. The largest absolute Gasteiger partial charge is 0.491 e. The maximum atomic E-state index is 12.8. The van der Waals surface area contributed by atoms with E-state index in [-0.39, 0.29) is 24.3 Å². The molecule has 20 heavy (non-hydrogen) atoms. The fourth-order valence-electron chi connectivity index (χ4n) is 2.47. The molecule has 2 N–H and O–H groups in total. The zero-order valence-corrected chi connectivity index (χ0v) is 11.4. The first kappa shape index (κ1) is 15.1. The van der Waals surface area contributed by atoms with Crippen molar-refractivity contribution in [3.63, 3.8) is 0 Å². The first-order valence-electron chi connectivity index (χ1n) is 6.61. The summed E-state index contributed by atoms with van der Waals surface area (Å²) in [7, 11) is 2.01. The molecule has 0 spiro atoms. The van der Waals surface area contributed by atoms with E-state index < -0.39 is 11.7 Å². The quantitative estimate of drug-likeness (QED) is 0.924. The van der Waals surface area contributed by atoms with Crippen molar-refractivity contribution in [3.8, 4) is 5.75 Å². The molecule has 0 bridgehead atoms. The number of hydrogen-bond donors (Lipinski definition) is 1. The number of hydrogen-bond acceptors (Lipinski definition) is 3. The van der Waals surface area contributed by atoms with E-state index in [2.05, 4.69) is 4.90 Å². The van der Waals surface area contributed by atoms with Crippen LogP contribution < -0.4 is 10.5 Å². The highest BCUT2D eigenvalue weighted by atomic mass is 19.4. The minimum Gasteiger partial charge on any atom is -0.491 e. The molecular weight excluding hydrogens is 269 g/mol. The number of benzene rings is 1. The number of ether oxygens (including phenoxy) is 1. The van der Waals surface area contributed by atoms with E-state index in [1.807, 2.05) is 7.05 Å². The summed E-state index contributed by atoms with van der Waals surface area (Å²) < 4.78 is 43.7. The molecule has 1 saturated heterocycles. The van der Waals surface area contributed by atoms with Crippen molar-refractivity contribution < 1.29 is 17.9 Å². The van der Waals surface area contributed by atoms with Gasteiger partial charge >= 0.3 is 6.18 Å². The van der Waals surface area contributed by atoms with Crippen LogP contribution in [0.2, 0.25) is 0 Å². The van der Waals surface area contributed by atoms with Gasteiger partial charge in [0, 0.05) is 12.6 Å². The van der Waals surface area contributed by atoms with Gasteiger partial charge in [-0.1, -0.05) is 12.1 Å². The Hall–Kier alpha value is -1.27. The molecule has 3 nitrogen and oxygen atoms in total. The Balaban J connectivity index is 1.97. The number of halogens is 3. The second-order valence-electron chi connectivity index (χ2n) is 5.28. The number of nitrogens with zero attached hydrogens (tertiary/aromatic N) is 1. The maximum absolute atomic E-state index is 12.8. The van der Waals surface area contributed by atoms with E-state index in [4.69, 9.17) is 10.5 Å². The predicted molar refractivity (Wildman–Crippen MR) is 70.5 cm³/mol. The van der Waals surface area contributed by atoms with Gasteiger partial charge in [-0.2, -0.15) is 13.2 Å². The Kier molecular flexibility index (Phi) is 4.55. The summed E-state index contributed by atoms with van der Waals surface area (Å²) in [6.45, 7) is 1.94. The fraction of sp³-hybridized carbons (Fsp3) is 0.571. The van der Waals surface area contributed by atoms with Crippen LogP contribution in [0, 0.1) is 5.92 Å². The highest BCUT2D eigenvalue weighted by Gasteiger charge is 2.34. The molecule has 2 rings (SSSR count). The molecule has 0 saturated carbocycles. The second-order valence-corrected chi connectivity index (χ2v) is 5.28. The summed E-state index contributed by atoms with van der Waals surface area (Å²) in [5.41, 5.74) is 5.26. The van der Waals surface area contributed by atoms with Crippen LogP contribution >= 0.6 is 0 Å². The maximum Gasteiger partial charge on any atom is 0.419 e. The average molecular weight is 288 g/mol. The molecule has 1 aromatic rings. The van der Waals surface area contributed by atoms with Gasteiger partial charge in [0.25, 0.3) is 0 Å². The van der Waals surface area contributed by atoms with Gasteiger partial charge in [0.1, 0.15) is 12.4 Å². The van der Waals surface area contributed by atoms with Gasteiger partial charge in [-0.05, 0) is 38.1 Å². The zero-order chi connectivity index (χ0) is 14.8. The second kappa shape index (κ2) is 6.01. The Bertz CT molecular complexity index is 450. The molecule has 0 radical (unpaired) electrons. The zero-order valence-electron chi connectivity index (χ0n) is 11.4. The molecule has 112 valence electrons. The van der Waals surface area contributed by atoms with Gasteiger partial charge in [0.2, 0.25) is 0 Å². The van der Waals surface area contributed by atoms with Gasteiger partial charge < -0.3 is 15.4 Å². The monoisotopic (exact) mass is 288 g/mol. The van der Waals surface area contributed by atoms with Crippen molar-refractivity contribution in [1.82, 2.24) is 4.90 Å². The van der Waals surface area contributed by atoms with Crippen molar-refractivity contribution in [1.29, 1.82) is 0 Å². The third kappa shape index (κ3) is 3.64. The molecule has 1 heterocycles. The van der Waals surface area contributed by atoms with Crippen molar-refractivity contribution in [2.75, 3.05) is 26.7 Å². The van der Waals surface area contributed by atoms with Gasteiger partial charge in [-0.15, -0.1) is 0 Å². The highest BCUT2D eigenvalue weighted by Crippen LogP contribution is 2.36. The summed E-state index contributed by atoms with van der Waals surface area (Å²) in [5, 5.41) is 0. The van der Waals surface area contributed by atoms with Crippen molar-refractivity contribution in [2.45, 2.75) is 18.6 Å². The number of nitrogens with two attached hydrogens (primary N) is 1. The first-order chi connectivity index (χ1) is 9.38. The number of likely N-dealkylation sites (tertiary alicyclic amines) is 1. The van der Waals surface area contributed by atoms with Crippen molar-refractivity contribution in [3.05, 3.63) is 29.8 Å². The molecule has 2 atom stereocenters. The summed E-state index contributed by atoms with van der Waals surface area (Å²) in [5.74, 6) is 0.125. The molecule has 0 aromatic heterocycles. The molecule has 2 unspecified atom stereocenters. The lowest BCUT2D eigenvalue weighted by molar-refractivity contribution is -0.139. The molecule has 1 fully saturated rings. The van der Waals surface area contributed by atoms with Gasteiger partial charge in [-0.3, -0.25) is 0 Å². The van der Waals surface area contributed by atoms with Crippen molar-refractivity contribution >= 4 is 0 Å². The van der Waals surface area contributed by atoms with Crippen LogP contribution in [0.3, 0.4) is 0 Å². The average Bonchev–Trinajstić information content (AvgIpc) is 2.82. The van der Waals surface area contributed by atoms with Crippen LogP contribution in [0.1, 0.15) is 12.0 Å². The van der Waals surface area contributed by atoms with Crippen LogP contribution in [0.4, 0.5) is 13.2 Å². The SMILES string of the molecule is CN1CCC(C(N)COc2ccccc2C(F)(F)F)C1. The highest BCUT2D eigenvalue weighted by molar-refractivity contribution is 5.35. The Morgan fingerprint density at radius 1 is 1.40 bits per heavy atom. The fourth-order valence-corrected chi connectivity index (χ4v) is 2.47. The lowest BCUT2D eigenvalue weighted by Crippen LogP contribution is -2.37. The molecule has 0 aliphatic carbocycles. The van der Waals surface area contributed by atoms with Crippen LogP contribution in [-0.2, 0) is 6.18 Å². The normalized spacial score (nSPS) is 21.9. The van der Waals surface area contributed by atoms with E-state index >= 15 is 0 Å². The summed E-state index contributed by atoms with van der Waals surface area (Å²) in [4.78, 5) is 2.16. The summed E-state index contributed by atoms with van der Waals surface area (Å²) in [6.07, 6.45) is -3.45. The van der Waals surface area contributed by atoms with E-state index in [9.17, 15) is 13.2 Å². The smallest absolute Gasteiger partial charge is 0.419 e. The molecular formula is C14H19F3N2O.